The van der Waals surface area contributed by atoms with E-state index in [2.05, 4.69) is 4.98 Å². The zero-order valence-corrected chi connectivity index (χ0v) is 16.5. The van der Waals surface area contributed by atoms with Gasteiger partial charge in [-0.15, -0.1) is 0 Å². The molecule has 4 aromatic rings. The third-order valence-electron chi connectivity index (χ3n) is 4.92. The standard InChI is InChI=1S/C20H21N5O4/c1-4-23-14(13-9-7-6-8-10-13)11-24-16-17(21-19(23)24)22(3)20(28)25(18(16)27)12-15(26)29-5-2/h6-11H,4-5,12H2,1-3H3. The van der Waals surface area contributed by atoms with Crippen LogP contribution in [0.4, 0.5) is 0 Å². The quantitative estimate of drug-likeness (QED) is 0.476. The molecule has 150 valence electrons. The first-order chi connectivity index (χ1) is 14.0. The molecule has 0 amide bonds. The summed E-state index contributed by atoms with van der Waals surface area (Å²) in [4.78, 5) is 42.2. The van der Waals surface area contributed by atoms with E-state index in [-0.39, 0.29) is 17.8 Å². The van der Waals surface area contributed by atoms with Gasteiger partial charge in [0.2, 0.25) is 5.78 Å². The maximum Gasteiger partial charge on any atom is 0.333 e. The molecule has 4 rings (SSSR count). The van der Waals surface area contributed by atoms with Crippen LogP contribution in [0.5, 0.6) is 0 Å². The number of nitrogens with zero attached hydrogens (tertiary/aromatic N) is 5. The molecule has 0 unspecified atom stereocenters. The molecule has 9 heteroatoms. The van der Waals surface area contributed by atoms with E-state index < -0.39 is 23.8 Å². The predicted molar refractivity (Wildman–Crippen MR) is 108 cm³/mol. The molecule has 0 saturated heterocycles. The van der Waals surface area contributed by atoms with Gasteiger partial charge in [-0.05, 0) is 19.4 Å². The highest BCUT2D eigenvalue weighted by molar-refractivity contribution is 5.78. The van der Waals surface area contributed by atoms with Crippen LogP contribution in [0, 0.1) is 0 Å². The molecule has 0 spiro atoms. The van der Waals surface area contributed by atoms with Crippen molar-refractivity contribution in [2.24, 2.45) is 7.05 Å². The van der Waals surface area contributed by atoms with Crippen molar-refractivity contribution in [2.45, 2.75) is 26.9 Å². The monoisotopic (exact) mass is 395 g/mol. The van der Waals surface area contributed by atoms with Gasteiger partial charge in [-0.1, -0.05) is 30.3 Å². The van der Waals surface area contributed by atoms with Crippen molar-refractivity contribution in [2.75, 3.05) is 6.61 Å². The summed E-state index contributed by atoms with van der Waals surface area (Å²) in [6.07, 6.45) is 1.84. The molecule has 3 aromatic heterocycles. The zero-order valence-electron chi connectivity index (χ0n) is 16.5. The average Bonchev–Trinajstić information content (AvgIpc) is 3.26. The third kappa shape index (κ3) is 2.86. The van der Waals surface area contributed by atoms with Gasteiger partial charge in [0.1, 0.15) is 6.54 Å². The number of ether oxygens (including phenoxy) is 1. The van der Waals surface area contributed by atoms with E-state index in [0.29, 0.717) is 12.3 Å². The van der Waals surface area contributed by atoms with Gasteiger partial charge >= 0.3 is 11.7 Å². The van der Waals surface area contributed by atoms with Gasteiger partial charge in [0.15, 0.2) is 11.2 Å². The van der Waals surface area contributed by atoms with Crippen LogP contribution in [0.1, 0.15) is 13.8 Å². The minimum Gasteiger partial charge on any atom is -0.465 e. The first kappa shape index (κ1) is 18.7. The number of imidazole rings is 2. The number of esters is 1. The molecule has 0 bridgehead atoms. The highest BCUT2D eigenvalue weighted by Crippen LogP contribution is 2.25. The fraction of sp³-hybridized carbons (Fsp3) is 0.300. The highest BCUT2D eigenvalue weighted by Gasteiger charge is 2.22. The first-order valence-electron chi connectivity index (χ1n) is 9.40. The molecule has 0 saturated carbocycles. The van der Waals surface area contributed by atoms with Crippen molar-refractivity contribution in [1.82, 2.24) is 23.1 Å². The van der Waals surface area contributed by atoms with E-state index in [1.807, 2.05) is 48.0 Å². The average molecular weight is 395 g/mol. The van der Waals surface area contributed by atoms with Gasteiger partial charge in [-0.2, -0.15) is 4.98 Å². The number of aryl methyl sites for hydroxylation is 2. The van der Waals surface area contributed by atoms with Crippen LogP contribution in [0.3, 0.4) is 0 Å². The Labute approximate surface area is 165 Å². The summed E-state index contributed by atoms with van der Waals surface area (Å²) in [6, 6.07) is 9.79. The van der Waals surface area contributed by atoms with Crippen LogP contribution < -0.4 is 11.2 Å². The summed E-state index contributed by atoms with van der Waals surface area (Å²) < 4.78 is 10.7. The number of carbonyl (C=O) groups excluding carboxylic acids is 1. The second-order valence-electron chi connectivity index (χ2n) is 6.62. The Morgan fingerprint density at radius 3 is 2.48 bits per heavy atom. The van der Waals surface area contributed by atoms with Gasteiger partial charge in [0, 0.05) is 19.8 Å². The second kappa shape index (κ2) is 7.08. The fourth-order valence-corrected chi connectivity index (χ4v) is 3.57. The van der Waals surface area contributed by atoms with E-state index in [0.717, 1.165) is 15.8 Å². The molecule has 3 heterocycles. The summed E-state index contributed by atoms with van der Waals surface area (Å²) in [6.45, 7) is 4.02. The van der Waals surface area contributed by atoms with E-state index >= 15 is 0 Å². The van der Waals surface area contributed by atoms with Crippen molar-refractivity contribution in [3.8, 4) is 11.3 Å². The maximum atomic E-state index is 13.1. The SMILES string of the molecule is CCOC(=O)Cn1c(=O)c2c(nc3n(CC)c(-c4ccccc4)cn23)n(C)c1=O. The Balaban J connectivity index is 2.03. The Morgan fingerprint density at radius 2 is 1.83 bits per heavy atom. The summed E-state index contributed by atoms with van der Waals surface area (Å²) >= 11 is 0. The molecule has 0 aliphatic carbocycles. The summed E-state index contributed by atoms with van der Waals surface area (Å²) in [7, 11) is 1.53. The molecule has 0 aliphatic rings. The number of hydrogen-bond acceptors (Lipinski definition) is 5. The first-order valence-corrected chi connectivity index (χ1v) is 9.40. The summed E-state index contributed by atoms with van der Waals surface area (Å²) in [5.41, 5.74) is 1.24. The number of fused-ring (bicyclic) bond motifs is 3. The lowest BCUT2D eigenvalue weighted by atomic mass is 10.2. The molecular weight excluding hydrogens is 374 g/mol. The summed E-state index contributed by atoms with van der Waals surface area (Å²) in [5.74, 6) is -0.0785. The van der Waals surface area contributed by atoms with Gasteiger partial charge in [0.05, 0.1) is 12.3 Å². The Bertz CT molecular complexity index is 1340. The van der Waals surface area contributed by atoms with Crippen molar-refractivity contribution < 1.29 is 9.53 Å². The number of rotatable bonds is 5. The number of aromatic nitrogens is 5. The van der Waals surface area contributed by atoms with Crippen molar-refractivity contribution in [3.05, 3.63) is 57.4 Å². The Morgan fingerprint density at radius 1 is 1.10 bits per heavy atom. The molecule has 0 atom stereocenters. The van der Waals surface area contributed by atoms with E-state index in [4.69, 9.17) is 4.74 Å². The van der Waals surface area contributed by atoms with Crippen LogP contribution >= 0.6 is 0 Å². The predicted octanol–water partition coefficient (Wildman–Crippen LogP) is 1.40. The largest absolute Gasteiger partial charge is 0.465 e. The lowest BCUT2D eigenvalue weighted by Gasteiger charge is -2.08. The van der Waals surface area contributed by atoms with Crippen LogP contribution in [0.15, 0.2) is 46.1 Å². The second-order valence-corrected chi connectivity index (χ2v) is 6.62. The number of carbonyl (C=O) groups is 1. The number of benzene rings is 1. The van der Waals surface area contributed by atoms with Gasteiger partial charge in [0.25, 0.3) is 5.56 Å². The molecular formula is C20H21N5O4. The fourth-order valence-electron chi connectivity index (χ4n) is 3.57. The van der Waals surface area contributed by atoms with Crippen LogP contribution in [-0.2, 0) is 29.7 Å². The smallest absolute Gasteiger partial charge is 0.333 e. The third-order valence-corrected chi connectivity index (χ3v) is 4.92. The van der Waals surface area contributed by atoms with Gasteiger partial charge in [-0.25, -0.2) is 9.36 Å². The van der Waals surface area contributed by atoms with Gasteiger partial charge in [-0.3, -0.25) is 18.6 Å². The van der Waals surface area contributed by atoms with Crippen molar-refractivity contribution in [1.29, 1.82) is 0 Å². The van der Waals surface area contributed by atoms with Crippen LogP contribution in [0.25, 0.3) is 28.2 Å². The zero-order chi connectivity index (χ0) is 20.7. The summed E-state index contributed by atoms with van der Waals surface area (Å²) in [5, 5.41) is 0. The van der Waals surface area contributed by atoms with Crippen molar-refractivity contribution >= 4 is 22.9 Å². The highest BCUT2D eigenvalue weighted by atomic mass is 16.5. The van der Waals surface area contributed by atoms with Crippen molar-refractivity contribution in [3.63, 3.8) is 0 Å². The number of hydrogen-bond donors (Lipinski definition) is 0. The molecule has 9 nitrogen and oxygen atoms in total. The van der Waals surface area contributed by atoms with Crippen LogP contribution in [-0.4, -0.2) is 35.7 Å². The molecule has 0 aliphatic heterocycles. The lowest BCUT2D eigenvalue weighted by Crippen LogP contribution is -2.41. The molecule has 0 N–H and O–H groups in total. The minimum atomic E-state index is -0.636. The maximum absolute atomic E-state index is 13.1. The van der Waals surface area contributed by atoms with Gasteiger partial charge < -0.3 is 9.30 Å². The molecule has 1 aromatic carbocycles. The minimum absolute atomic E-state index is 0.173. The van der Waals surface area contributed by atoms with E-state index in [1.165, 1.54) is 11.6 Å². The lowest BCUT2D eigenvalue weighted by molar-refractivity contribution is -0.143. The molecule has 29 heavy (non-hydrogen) atoms. The van der Waals surface area contributed by atoms with Crippen LogP contribution in [0.2, 0.25) is 0 Å². The normalized spacial score (nSPS) is 11.4. The molecule has 0 fully saturated rings. The molecule has 0 radical (unpaired) electrons. The van der Waals surface area contributed by atoms with E-state index in [9.17, 15) is 14.4 Å². The Kier molecular flexibility index (Phi) is 4.57. The topological polar surface area (TPSA) is 92.5 Å². The Hall–Kier alpha value is -3.62. The van der Waals surface area contributed by atoms with E-state index in [1.54, 1.807) is 11.3 Å².